The Morgan fingerprint density at radius 3 is 2.47 bits per heavy atom. The van der Waals surface area contributed by atoms with E-state index in [1.165, 1.54) is 11.1 Å². The van der Waals surface area contributed by atoms with Crippen molar-refractivity contribution in [2.75, 3.05) is 37.7 Å². The monoisotopic (exact) mass is 543 g/mol. The molecule has 1 aromatic heterocycles. The van der Waals surface area contributed by atoms with E-state index in [9.17, 15) is 4.79 Å². The molecule has 0 saturated carbocycles. The fourth-order valence-electron chi connectivity index (χ4n) is 4.74. The summed E-state index contributed by atoms with van der Waals surface area (Å²) in [5.41, 5.74) is 6.89. The number of hydrogen-bond acceptors (Lipinski definition) is 4. The number of piperazine rings is 1. The summed E-state index contributed by atoms with van der Waals surface area (Å²) in [5, 5.41) is 0.867. The Kier molecular flexibility index (Phi) is 6.97. The highest BCUT2D eigenvalue weighted by atomic mass is 79.9. The van der Waals surface area contributed by atoms with Gasteiger partial charge in [0.05, 0.1) is 29.1 Å². The number of ether oxygens (including phenoxy) is 1. The van der Waals surface area contributed by atoms with Crippen LogP contribution < -0.4 is 9.64 Å². The minimum Gasteiger partial charge on any atom is -0.492 e. The van der Waals surface area contributed by atoms with Crippen LogP contribution in [0, 0.1) is 13.8 Å². The molecular formula is C30H30BrN3O2. The average Bonchev–Trinajstić information content (AvgIpc) is 2.90. The number of para-hydroxylation sites is 2. The number of fused-ring (bicyclic) bond motifs is 1. The van der Waals surface area contributed by atoms with Crippen molar-refractivity contribution < 1.29 is 9.53 Å². The molecule has 3 aromatic carbocycles. The molecule has 0 bridgehead atoms. The van der Waals surface area contributed by atoms with Crippen LogP contribution in [0.5, 0.6) is 5.75 Å². The maximum Gasteiger partial charge on any atom is 0.254 e. The van der Waals surface area contributed by atoms with Gasteiger partial charge in [-0.2, -0.15) is 0 Å². The second-order valence-corrected chi connectivity index (χ2v) is 10.1. The van der Waals surface area contributed by atoms with Gasteiger partial charge in [-0.05, 0) is 74.4 Å². The molecule has 36 heavy (non-hydrogen) atoms. The van der Waals surface area contributed by atoms with Crippen LogP contribution in [0.3, 0.4) is 0 Å². The standard InChI is InChI=1S/C30H30BrN3O2/c1-4-36-29-8-6-5-7-28(29)33-13-15-34(16-14-33)30(35)25-19-27(22-10-9-20(2)21(3)17-22)32-26-12-11-23(31)18-24(25)26/h5-12,17-19H,4,13-16H2,1-3H3. The van der Waals surface area contributed by atoms with Gasteiger partial charge in [0.2, 0.25) is 0 Å². The Bertz CT molecular complexity index is 1430. The van der Waals surface area contributed by atoms with E-state index in [-0.39, 0.29) is 5.91 Å². The first-order chi connectivity index (χ1) is 17.4. The minimum atomic E-state index is 0.0447. The quantitative estimate of drug-likeness (QED) is 0.283. The molecule has 1 aliphatic heterocycles. The van der Waals surface area contributed by atoms with Crippen molar-refractivity contribution in [2.24, 2.45) is 0 Å². The lowest BCUT2D eigenvalue weighted by Crippen LogP contribution is -2.49. The average molecular weight is 544 g/mol. The number of aromatic nitrogens is 1. The predicted octanol–water partition coefficient (Wildman–Crippen LogP) is 6.64. The van der Waals surface area contributed by atoms with Crippen LogP contribution >= 0.6 is 15.9 Å². The van der Waals surface area contributed by atoms with Crippen LogP contribution in [-0.4, -0.2) is 48.6 Å². The third kappa shape index (κ3) is 4.82. The third-order valence-electron chi connectivity index (χ3n) is 6.88. The third-order valence-corrected chi connectivity index (χ3v) is 7.37. The molecule has 184 valence electrons. The van der Waals surface area contributed by atoms with E-state index in [0.717, 1.165) is 51.2 Å². The van der Waals surface area contributed by atoms with Crippen LogP contribution in [0.15, 0.2) is 71.2 Å². The molecule has 0 atom stereocenters. The summed E-state index contributed by atoms with van der Waals surface area (Å²) in [4.78, 5) is 23.1. The van der Waals surface area contributed by atoms with Crippen molar-refractivity contribution in [1.29, 1.82) is 0 Å². The van der Waals surface area contributed by atoms with E-state index in [0.29, 0.717) is 25.3 Å². The molecule has 0 aliphatic carbocycles. The lowest BCUT2D eigenvalue weighted by Gasteiger charge is -2.37. The number of nitrogens with zero attached hydrogens (tertiary/aromatic N) is 3. The number of rotatable bonds is 5. The number of amides is 1. The Hall–Kier alpha value is -3.38. The number of carbonyl (C=O) groups is 1. The number of halogens is 1. The first-order valence-electron chi connectivity index (χ1n) is 12.4. The largest absolute Gasteiger partial charge is 0.492 e. The molecule has 4 aromatic rings. The van der Waals surface area contributed by atoms with Crippen LogP contribution in [0.4, 0.5) is 5.69 Å². The van der Waals surface area contributed by atoms with Gasteiger partial charge in [-0.3, -0.25) is 4.79 Å². The second kappa shape index (κ2) is 10.3. The van der Waals surface area contributed by atoms with Crippen molar-refractivity contribution in [3.63, 3.8) is 0 Å². The number of aryl methyl sites for hydroxylation is 2. The lowest BCUT2D eigenvalue weighted by molar-refractivity contribution is 0.0748. The van der Waals surface area contributed by atoms with Gasteiger partial charge in [0, 0.05) is 41.6 Å². The maximum absolute atomic E-state index is 13.9. The van der Waals surface area contributed by atoms with E-state index in [1.54, 1.807) is 0 Å². The molecule has 1 fully saturated rings. The van der Waals surface area contributed by atoms with E-state index in [4.69, 9.17) is 9.72 Å². The summed E-state index contributed by atoms with van der Waals surface area (Å²) in [6.45, 7) is 9.64. The van der Waals surface area contributed by atoms with Crippen molar-refractivity contribution in [1.82, 2.24) is 9.88 Å². The van der Waals surface area contributed by atoms with Crippen molar-refractivity contribution in [3.8, 4) is 17.0 Å². The van der Waals surface area contributed by atoms with Gasteiger partial charge in [0.15, 0.2) is 0 Å². The first kappa shape index (κ1) is 24.3. The van der Waals surface area contributed by atoms with Gasteiger partial charge in [-0.15, -0.1) is 0 Å². The van der Waals surface area contributed by atoms with Gasteiger partial charge < -0.3 is 14.5 Å². The van der Waals surface area contributed by atoms with Crippen LogP contribution in [-0.2, 0) is 0 Å². The SMILES string of the molecule is CCOc1ccccc1N1CCN(C(=O)c2cc(-c3ccc(C)c(C)c3)nc3ccc(Br)cc23)CC1. The Balaban J connectivity index is 1.45. The summed E-state index contributed by atoms with van der Waals surface area (Å²) >= 11 is 3.57. The van der Waals surface area contributed by atoms with Gasteiger partial charge in [-0.1, -0.05) is 40.2 Å². The van der Waals surface area contributed by atoms with E-state index in [2.05, 4.69) is 58.9 Å². The fraction of sp³-hybridized carbons (Fsp3) is 0.267. The molecule has 1 aliphatic rings. The number of carbonyl (C=O) groups excluding carboxylic acids is 1. The van der Waals surface area contributed by atoms with Crippen LogP contribution in [0.2, 0.25) is 0 Å². The molecule has 5 rings (SSSR count). The van der Waals surface area contributed by atoms with Crippen molar-refractivity contribution in [2.45, 2.75) is 20.8 Å². The summed E-state index contributed by atoms with van der Waals surface area (Å²) in [6, 6.07) is 22.4. The smallest absolute Gasteiger partial charge is 0.254 e. The van der Waals surface area contributed by atoms with Crippen LogP contribution in [0.25, 0.3) is 22.2 Å². The van der Waals surface area contributed by atoms with Gasteiger partial charge in [0.25, 0.3) is 5.91 Å². The normalized spacial score (nSPS) is 13.8. The Morgan fingerprint density at radius 1 is 0.944 bits per heavy atom. The molecule has 1 saturated heterocycles. The molecular weight excluding hydrogens is 514 g/mol. The molecule has 2 heterocycles. The van der Waals surface area contributed by atoms with E-state index in [1.807, 2.05) is 54.3 Å². The lowest BCUT2D eigenvalue weighted by atomic mass is 10.00. The number of pyridine rings is 1. The molecule has 0 spiro atoms. The Morgan fingerprint density at radius 2 is 1.72 bits per heavy atom. The van der Waals surface area contributed by atoms with Crippen molar-refractivity contribution in [3.05, 3.63) is 87.9 Å². The zero-order valence-corrected chi connectivity index (χ0v) is 22.5. The zero-order chi connectivity index (χ0) is 25.2. The second-order valence-electron chi connectivity index (χ2n) is 9.20. The van der Waals surface area contributed by atoms with Gasteiger partial charge >= 0.3 is 0 Å². The molecule has 1 amide bonds. The van der Waals surface area contributed by atoms with Gasteiger partial charge in [0.1, 0.15) is 5.75 Å². The minimum absolute atomic E-state index is 0.0447. The summed E-state index contributed by atoms with van der Waals surface area (Å²) in [7, 11) is 0. The van der Waals surface area contributed by atoms with E-state index >= 15 is 0 Å². The number of benzene rings is 3. The number of anilines is 1. The van der Waals surface area contributed by atoms with E-state index < -0.39 is 0 Å². The number of hydrogen-bond donors (Lipinski definition) is 0. The van der Waals surface area contributed by atoms with Gasteiger partial charge in [-0.25, -0.2) is 4.98 Å². The molecule has 0 unspecified atom stereocenters. The molecule has 0 N–H and O–H groups in total. The fourth-order valence-corrected chi connectivity index (χ4v) is 5.10. The summed E-state index contributed by atoms with van der Waals surface area (Å²) < 4.78 is 6.76. The topological polar surface area (TPSA) is 45.7 Å². The van der Waals surface area contributed by atoms with Crippen LogP contribution in [0.1, 0.15) is 28.4 Å². The zero-order valence-electron chi connectivity index (χ0n) is 20.9. The highest BCUT2D eigenvalue weighted by Gasteiger charge is 2.26. The Labute approximate surface area is 220 Å². The first-order valence-corrected chi connectivity index (χ1v) is 13.2. The predicted molar refractivity (Wildman–Crippen MR) is 150 cm³/mol. The molecule has 6 heteroatoms. The maximum atomic E-state index is 13.9. The summed E-state index contributed by atoms with van der Waals surface area (Å²) in [6.07, 6.45) is 0. The summed E-state index contributed by atoms with van der Waals surface area (Å²) in [5.74, 6) is 0.936. The highest BCUT2D eigenvalue weighted by molar-refractivity contribution is 9.10. The molecule has 5 nitrogen and oxygen atoms in total. The highest BCUT2D eigenvalue weighted by Crippen LogP contribution is 2.31. The van der Waals surface area contributed by atoms with Crippen molar-refractivity contribution >= 4 is 38.4 Å². The molecule has 0 radical (unpaired) electrons.